The third-order valence-electron chi connectivity index (χ3n) is 3.13. The van der Waals surface area contributed by atoms with Crippen molar-refractivity contribution in [3.05, 3.63) is 42.6 Å². The Morgan fingerprint density at radius 1 is 1.21 bits per heavy atom. The topological polar surface area (TPSA) is 67.8 Å². The molecule has 2 aromatic rings. The van der Waals surface area contributed by atoms with Crippen molar-refractivity contribution in [2.75, 3.05) is 6.54 Å². The lowest BCUT2D eigenvalue weighted by atomic mass is 10.2. The lowest BCUT2D eigenvalue weighted by Crippen LogP contribution is -2.25. The van der Waals surface area contributed by atoms with Crippen molar-refractivity contribution < 1.29 is 4.79 Å². The zero-order chi connectivity index (χ0) is 13.1. The highest BCUT2D eigenvalue weighted by Crippen LogP contribution is 2.27. The molecule has 19 heavy (non-hydrogen) atoms. The molecule has 1 saturated carbocycles. The van der Waals surface area contributed by atoms with Crippen molar-refractivity contribution in [3.63, 3.8) is 0 Å². The number of nitrogens with one attached hydrogen (secondary N) is 1. The van der Waals surface area contributed by atoms with E-state index >= 15 is 0 Å². The van der Waals surface area contributed by atoms with E-state index in [9.17, 15) is 4.79 Å². The van der Waals surface area contributed by atoms with E-state index in [1.807, 2.05) is 6.07 Å². The lowest BCUT2D eigenvalue weighted by molar-refractivity contribution is 0.0951. The molecule has 0 unspecified atom stereocenters. The fourth-order valence-electron chi connectivity index (χ4n) is 1.79. The van der Waals surface area contributed by atoms with Crippen LogP contribution in [0.1, 0.15) is 23.2 Å². The smallest absolute Gasteiger partial charge is 0.252 e. The molecule has 0 saturated heterocycles. The van der Waals surface area contributed by atoms with Crippen LogP contribution in [0.2, 0.25) is 0 Å². The second kappa shape index (κ2) is 5.14. The highest BCUT2D eigenvalue weighted by Gasteiger charge is 2.21. The first kappa shape index (κ1) is 11.8. The molecule has 5 heteroatoms. The van der Waals surface area contributed by atoms with E-state index in [1.54, 1.807) is 24.7 Å². The SMILES string of the molecule is O=C(NCC1CC1)c1ccc(-c2cncnc2)nc1. The quantitative estimate of drug-likeness (QED) is 0.901. The molecule has 5 nitrogen and oxygen atoms in total. The van der Waals surface area contributed by atoms with Gasteiger partial charge in [0.1, 0.15) is 6.33 Å². The lowest BCUT2D eigenvalue weighted by Gasteiger charge is -2.04. The van der Waals surface area contributed by atoms with E-state index in [0.29, 0.717) is 11.5 Å². The first-order valence-electron chi connectivity index (χ1n) is 6.32. The summed E-state index contributed by atoms with van der Waals surface area (Å²) in [5.41, 5.74) is 2.19. The minimum absolute atomic E-state index is 0.0599. The van der Waals surface area contributed by atoms with Crippen molar-refractivity contribution in [1.29, 1.82) is 0 Å². The van der Waals surface area contributed by atoms with Gasteiger partial charge in [0.05, 0.1) is 11.3 Å². The molecule has 1 fully saturated rings. The number of rotatable bonds is 4. The monoisotopic (exact) mass is 254 g/mol. The van der Waals surface area contributed by atoms with Crippen molar-refractivity contribution in [1.82, 2.24) is 20.3 Å². The minimum Gasteiger partial charge on any atom is -0.352 e. The molecule has 0 radical (unpaired) electrons. The number of carbonyl (C=O) groups excluding carboxylic acids is 1. The molecular weight excluding hydrogens is 240 g/mol. The summed E-state index contributed by atoms with van der Waals surface area (Å²) in [6.45, 7) is 0.771. The summed E-state index contributed by atoms with van der Waals surface area (Å²) >= 11 is 0. The van der Waals surface area contributed by atoms with Crippen LogP contribution in [0, 0.1) is 5.92 Å². The van der Waals surface area contributed by atoms with Crippen molar-refractivity contribution in [2.45, 2.75) is 12.8 Å². The molecule has 0 spiro atoms. The summed E-state index contributed by atoms with van der Waals surface area (Å²) in [6.07, 6.45) is 8.91. The van der Waals surface area contributed by atoms with Crippen LogP contribution in [0.15, 0.2) is 37.1 Å². The average Bonchev–Trinajstić information content (AvgIpc) is 3.30. The molecule has 96 valence electrons. The molecule has 1 amide bonds. The maximum absolute atomic E-state index is 11.8. The van der Waals surface area contributed by atoms with E-state index in [-0.39, 0.29) is 5.91 Å². The number of carbonyl (C=O) groups is 1. The number of pyridine rings is 1. The summed E-state index contributed by atoms with van der Waals surface area (Å²) in [6, 6.07) is 3.59. The number of aromatic nitrogens is 3. The highest BCUT2D eigenvalue weighted by atomic mass is 16.1. The Hall–Kier alpha value is -2.30. The zero-order valence-corrected chi connectivity index (χ0v) is 10.4. The maximum Gasteiger partial charge on any atom is 0.252 e. The second-order valence-electron chi connectivity index (χ2n) is 4.71. The van der Waals surface area contributed by atoms with Crippen LogP contribution in [0.4, 0.5) is 0 Å². The van der Waals surface area contributed by atoms with Crippen LogP contribution in [0.3, 0.4) is 0 Å². The Balaban J connectivity index is 1.69. The van der Waals surface area contributed by atoms with Crippen molar-refractivity contribution >= 4 is 5.91 Å². The molecule has 1 aliphatic carbocycles. The largest absolute Gasteiger partial charge is 0.352 e. The Morgan fingerprint density at radius 2 is 2.00 bits per heavy atom. The number of nitrogens with zero attached hydrogens (tertiary/aromatic N) is 3. The number of amides is 1. The van der Waals surface area contributed by atoms with E-state index in [2.05, 4.69) is 20.3 Å². The summed E-state index contributed by atoms with van der Waals surface area (Å²) in [5, 5.41) is 2.92. The predicted octanol–water partition coefficient (Wildman–Crippen LogP) is 1.68. The molecule has 1 aliphatic rings. The Labute approximate surface area is 111 Å². The Bertz CT molecular complexity index is 564. The number of hydrogen-bond donors (Lipinski definition) is 1. The molecule has 3 rings (SSSR count). The molecule has 2 heterocycles. The molecular formula is C14H14N4O. The maximum atomic E-state index is 11.8. The molecule has 2 aromatic heterocycles. The summed E-state index contributed by atoms with van der Waals surface area (Å²) in [4.78, 5) is 24.0. The fourth-order valence-corrected chi connectivity index (χ4v) is 1.79. The van der Waals surface area contributed by atoms with Gasteiger partial charge in [-0.15, -0.1) is 0 Å². The third kappa shape index (κ3) is 2.93. The van der Waals surface area contributed by atoms with E-state index in [0.717, 1.165) is 17.8 Å². The Morgan fingerprint density at radius 3 is 2.63 bits per heavy atom. The van der Waals surface area contributed by atoms with Crippen molar-refractivity contribution in [3.8, 4) is 11.3 Å². The predicted molar refractivity (Wildman–Crippen MR) is 70.3 cm³/mol. The van der Waals surface area contributed by atoms with Crippen LogP contribution < -0.4 is 5.32 Å². The fraction of sp³-hybridized carbons (Fsp3) is 0.286. The molecule has 1 N–H and O–H groups in total. The molecule has 0 bridgehead atoms. The van der Waals surface area contributed by atoms with E-state index < -0.39 is 0 Å². The van der Waals surface area contributed by atoms with E-state index in [4.69, 9.17) is 0 Å². The van der Waals surface area contributed by atoms with Gasteiger partial charge < -0.3 is 5.32 Å². The van der Waals surface area contributed by atoms with Gasteiger partial charge in [-0.1, -0.05) is 0 Å². The summed E-state index contributed by atoms with van der Waals surface area (Å²) in [7, 11) is 0. The van der Waals surface area contributed by atoms with Crippen LogP contribution in [0.25, 0.3) is 11.3 Å². The van der Waals surface area contributed by atoms with Gasteiger partial charge in [0.15, 0.2) is 0 Å². The molecule has 0 aliphatic heterocycles. The van der Waals surface area contributed by atoms with Gasteiger partial charge in [-0.25, -0.2) is 9.97 Å². The van der Waals surface area contributed by atoms with Gasteiger partial charge >= 0.3 is 0 Å². The first-order valence-corrected chi connectivity index (χ1v) is 6.32. The van der Waals surface area contributed by atoms with Gasteiger partial charge in [-0.2, -0.15) is 0 Å². The normalized spacial score (nSPS) is 14.1. The number of hydrogen-bond acceptors (Lipinski definition) is 4. The summed E-state index contributed by atoms with van der Waals surface area (Å²) < 4.78 is 0. The van der Waals surface area contributed by atoms with Crippen molar-refractivity contribution in [2.24, 2.45) is 5.92 Å². The van der Waals surface area contributed by atoms with Gasteiger partial charge in [-0.05, 0) is 30.9 Å². The van der Waals surface area contributed by atoms with Gasteiger partial charge in [-0.3, -0.25) is 9.78 Å². The van der Waals surface area contributed by atoms with Gasteiger partial charge in [0.25, 0.3) is 5.91 Å². The summed E-state index contributed by atoms with van der Waals surface area (Å²) in [5.74, 6) is 0.618. The Kier molecular flexibility index (Phi) is 3.18. The van der Waals surface area contributed by atoms with Crippen LogP contribution in [-0.2, 0) is 0 Å². The average molecular weight is 254 g/mol. The van der Waals surface area contributed by atoms with Gasteiger partial charge in [0.2, 0.25) is 0 Å². The molecule has 0 aromatic carbocycles. The minimum atomic E-state index is -0.0599. The standard InChI is InChI=1S/C14H14N4O/c19-14(18-5-10-1-2-10)11-3-4-13(17-8-11)12-6-15-9-16-7-12/h3-4,6-10H,1-2,5H2,(H,18,19). The first-order chi connectivity index (χ1) is 9.33. The van der Waals surface area contributed by atoms with Crippen LogP contribution >= 0.6 is 0 Å². The molecule has 0 atom stereocenters. The van der Waals surface area contributed by atoms with Gasteiger partial charge in [0, 0.05) is 30.7 Å². The van der Waals surface area contributed by atoms with E-state index in [1.165, 1.54) is 19.2 Å². The highest BCUT2D eigenvalue weighted by molar-refractivity contribution is 5.94. The zero-order valence-electron chi connectivity index (χ0n) is 10.4. The van der Waals surface area contributed by atoms with Crippen LogP contribution in [0.5, 0.6) is 0 Å². The second-order valence-corrected chi connectivity index (χ2v) is 4.71. The van der Waals surface area contributed by atoms with Crippen LogP contribution in [-0.4, -0.2) is 27.4 Å². The third-order valence-corrected chi connectivity index (χ3v) is 3.13.